The molecular formula is C23H25FN4O3. The average molecular weight is 424 g/mol. The molecule has 0 spiro atoms. The zero-order valence-corrected chi connectivity index (χ0v) is 17.2. The van der Waals surface area contributed by atoms with E-state index >= 15 is 0 Å². The highest BCUT2D eigenvalue weighted by Gasteiger charge is 2.39. The molecule has 2 saturated heterocycles. The highest BCUT2D eigenvalue weighted by Crippen LogP contribution is 2.29. The number of halogens is 1. The first kappa shape index (κ1) is 21.0. The van der Waals surface area contributed by atoms with Crippen LogP contribution in [0.2, 0.25) is 0 Å². The van der Waals surface area contributed by atoms with Crippen molar-refractivity contribution in [1.82, 2.24) is 15.2 Å². The smallest absolute Gasteiger partial charge is 0.228 e. The topological polar surface area (TPSA) is 82.6 Å². The maximum Gasteiger partial charge on any atom is 0.228 e. The molecule has 7 nitrogen and oxygen atoms in total. The standard InChI is InChI=1S/C23H25FN4O3/c24-19-5-1-2-6-20(19)28-15-18(12-21(28)29)23(31)27-10-7-17(8-11-27)22(30)26-14-16-4-3-9-25-13-16/h1-6,9,13,17-18H,7-8,10-12,14-15H2,(H,26,30). The molecule has 3 amide bonds. The van der Waals surface area contributed by atoms with E-state index in [0.29, 0.717) is 32.5 Å². The van der Waals surface area contributed by atoms with Crippen LogP contribution < -0.4 is 10.2 Å². The van der Waals surface area contributed by atoms with Gasteiger partial charge in [-0.25, -0.2) is 4.39 Å². The van der Waals surface area contributed by atoms with Gasteiger partial charge in [-0.05, 0) is 36.6 Å². The number of nitrogens with zero attached hydrogens (tertiary/aromatic N) is 3. The van der Waals surface area contributed by atoms with Crippen LogP contribution >= 0.6 is 0 Å². The predicted octanol–water partition coefficient (Wildman–Crippen LogP) is 2.13. The number of carbonyl (C=O) groups is 3. The fourth-order valence-electron chi connectivity index (χ4n) is 4.23. The van der Waals surface area contributed by atoms with Crippen LogP contribution in [0.15, 0.2) is 48.8 Å². The molecule has 0 aliphatic carbocycles. The van der Waals surface area contributed by atoms with Crippen LogP contribution in [-0.2, 0) is 20.9 Å². The molecule has 0 bridgehead atoms. The maximum atomic E-state index is 14.1. The second-order valence-electron chi connectivity index (χ2n) is 8.04. The molecular weight excluding hydrogens is 399 g/mol. The fourth-order valence-corrected chi connectivity index (χ4v) is 4.23. The molecule has 1 atom stereocenters. The SMILES string of the molecule is O=C(NCc1cccnc1)C1CCN(C(=O)C2CC(=O)N(c3ccccc3F)C2)CC1. The largest absolute Gasteiger partial charge is 0.352 e. The maximum absolute atomic E-state index is 14.1. The number of pyridine rings is 1. The molecule has 1 aromatic carbocycles. The van der Waals surface area contributed by atoms with Gasteiger partial charge in [-0.15, -0.1) is 0 Å². The number of rotatable bonds is 5. The van der Waals surface area contributed by atoms with Crippen LogP contribution in [0.4, 0.5) is 10.1 Å². The normalized spacial score (nSPS) is 19.5. The molecule has 8 heteroatoms. The third-order valence-electron chi connectivity index (χ3n) is 5.98. The highest BCUT2D eigenvalue weighted by molar-refractivity contribution is 6.00. The molecule has 2 aliphatic rings. The van der Waals surface area contributed by atoms with Gasteiger partial charge in [0.25, 0.3) is 0 Å². The molecule has 0 saturated carbocycles. The summed E-state index contributed by atoms with van der Waals surface area (Å²) in [4.78, 5) is 44.9. The number of carbonyl (C=O) groups excluding carboxylic acids is 3. The van der Waals surface area contributed by atoms with Gasteiger partial charge >= 0.3 is 0 Å². The van der Waals surface area contributed by atoms with Gasteiger partial charge in [-0.1, -0.05) is 18.2 Å². The Bertz CT molecular complexity index is 960. The van der Waals surface area contributed by atoms with Crippen molar-refractivity contribution < 1.29 is 18.8 Å². The molecule has 1 N–H and O–H groups in total. The number of benzene rings is 1. The van der Waals surface area contributed by atoms with Gasteiger partial charge in [0.2, 0.25) is 17.7 Å². The molecule has 0 radical (unpaired) electrons. The molecule has 4 rings (SSSR count). The van der Waals surface area contributed by atoms with E-state index in [-0.39, 0.29) is 42.3 Å². The Morgan fingerprint density at radius 3 is 2.58 bits per heavy atom. The molecule has 2 aliphatic heterocycles. The number of para-hydroxylation sites is 1. The summed E-state index contributed by atoms with van der Waals surface area (Å²) in [6.07, 6.45) is 4.66. The summed E-state index contributed by atoms with van der Waals surface area (Å²) in [5.41, 5.74) is 1.15. The molecule has 1 aromatic heterocycles. The van der Waals surface area contributed by atoms with Crippen molar-refractivity contribution in [3.05, 3.63) is 60.2 Å². The van der Waals surface area contributed by atoms with Crippen LogP contribution in [0.1, 0.15) is 24.8 Å². The lowest BCUT2D eigenvalue weighted by atomic mass is 9.94. The highest BCUT2D eigenvalue weighted by atomic mass is 19.1. The Morgan fingerprint density at radius 2 is 1.87 bits per heavy atom. The van der Waals surface area contributed by atoms with Crippen LogP contribution in [0.25, 0.3) is 0 Å². The molecule has 1 unspecified atom stereocenters. The molecule has 2 fully saturated rings. The van der Waals surface area contributed by atoms with Gasteiger partial charge < -0.3 is 15.1 Å². The number of hydrogen-bond acceptors (Lipinski definition) is 4. The Balaban J connectivity index is 1.28. The molecule has 31 heavy (non-hydrogen) atoms. The second-order valence-corrected chi connectivity index (χ2v) is 8.04. The number of amides is 3. The van der Waals surface area contributed by atoms with Crippen molar-refractivity contribution in [3.63, 3.8) is 0 Å². The van der Waals surface area contributed by atoms with Crippen molar-refractivity contribution in [2.24, 2.45) is 11.8 Å². The van der Waals surface area contributed by atoms with Crippen molar-refractivity contribution in [3.8, 4) is 0 Å². The van der Waals surface area contributed by atoms with E-state index in [1.54, 1.807) is 35.5 Å². The average Bonchev–Trinajstić information content (AvgIpc) is 3.19. The van der Waals surface area contributed by atoms with E-state index in [1.807, 2.05) is 12.1 Å². The quantitative estimate of drug-likeness (QED) is 0.797. The fraction of sp³-hybridized carbons (Fsp3) is 0.391. The summed E-state index contributed by atoms with van der Waals surface area (Å²) in [5.74, 6) is -1.45. The first-order valence-corrected chi connectivity index (χ1v) is 10.5. The van der Waals surface area contributed by atoms with E-state index in [9.17, 15) is 18.8 Å². The molecule has 3 heterocycles. The summed E-state index contributed by atoms with van der Waals surface area (Å²) < 4.78 is 14.1. The van der Waals surface area contributed by atoms with Crippen LogP contribution in [0, 0.1) is 17.7 Å². The lowest BCUT2D eigenvalue weighted by Gasteiger charge is -2.33. The van der Waals surface area contributed by atoms with Crippen molar-refractivity contribution in [2.45, 2.75) is 25.8 Å². The van der Waals surface area contributed by atoms with Gasteiger partial charge in [0, 0.05) is 50.9 Å². The van der Waals surface area contributed by atoms with Crippen molar-refractivity contribution in [2.75, 3.05) is 24.5 Å². The van der Waals surface area contributed by atoms with Gasteiger partial charge in [0.15, 0.2) is 0 Å². The van der Waals surface area contributed by atoms with E-state index in [0.717, 1.165) is 5.56 Å². The number of nitrogens with one attached hydrogen (secondary N) is 1. The lowest BCUT2D eigenvalue weighted by molar-refractivity contribution is -0.139. The number of aromatic nitrogens is 1. The summed E-state index contributed by atoms with van der Waals surface area (Å²) in [6, 6.07) is 9.83. The van der Waals surface area contributed by atoms with E-state index in [1.165, 1.54) is 11.0 Å². The minimum absolute atomic E-state index is 0.0160. The van der Waals surface area contributed by atoms with Crippen LogP contribution in [-0.4, -0.2) is 47.2 Å². The van der Waals surface area contributed by atoms with E-state index < -0.39 is 11.7 Å². The second kappa shape index (κ2) is 9.24. The van der Waals surface area contributed by atoms with Gasteiger partial charge in [0.1, 0.15) is 5.82 Å². The lowest BCUT2D eigenvalue weighted by Crippen LogP contribution is -2.45. The number of anilines is 1. The number of hydrogen-bond donors (Lipinski definition) is 1. The first-order valence-electron chi connectivity index (χ1n) is 10.5. The predicted molar refractivity (Wildman–Crippen MR) is 112 cm³/mol. The zero-order chi connectivity index (χ0) is 21.8. The summed E-state index contributed by atoms with van der Waals surface area (Å²) >= 11 is 0. The van der Waals surface area contributed by atoms with Gasteiger partial charge in [-0.2, -0.15) is 0 Å². The number of likely N-dealkylation sites (tertiary alicyclic amines) is 1. The minimum Gasteiger partial charge on any atom is -0.352 e. The third-order valence-corrected chi connectivity index (χ3v) is 5.98. The monoisotopic (exact) mass is 424 g/mol. The van der Waals surface area contributed by atoms with Crippen LogP contribution in [0.3, 0.4) is 0 Å². The minimum atomic E-state index is -0.483. The first-order chi connectivity index (χ1) is 15.0. The summed E-state index contributed by atoms with van der Waals surface area (Å²) in [7, 11) is 0. The van der Waals surface area contributed by atoms with E-state index in [2.05, 4.69) is 10.3 Å². The Labute approximate surface area is 180 Å². The third kappa shape index (κ3) is 4.73. The van der Waals surface area contributed by atoms with Crippen molar-refractivity contribution >= 4 is 23.4 Å². The molecule has 162 valence electrons. The summed E-state index contributed by atoms with van der Waals surface area (Å²) in [5, 5.41) is 2.93. The Morgan fingerprint density at radius 1 is 1.10 bits per heavy atom. The zero-order valence-electron chi connectivity index (χ0n) is 17.2. The van der Waals surface area contributed by atoms with Crippen LogP contribution in [0.5, 0.6) is 0 Å². The Kier molecular flexibility index (Phi) is 6.25. The number of piperidine rings is 1. The van der Waals surface area contributed by atoms with Gasteiger partial charge in [0.05, 0.1) is 11.6 Å². The summed E-state index contributed by atoms with van der Waals surface area (Å²) in [6.45, 7) is 1.58. The molecule has 2 aromatic rings. The van der Waals surface area contributed by atoms with Crippen molar-refractivity contribution in [1.29, 1.82) is 0 Å². The Hall–Kier alpha value is -3.29. The van der Waals surface area contributed by atoms with Gasteiger partial charge in [-0.3, -0.25) is 19.4 Å². The van der Waals surface area contributed by atoms with E-state index in [4.69, 9.17) is 0 Å².